The van der Waals surface area contributed by atoms with Gasteiger partial charge in [0, 0.05) is 18.5 Å². The number of hydrogen-bond donors (Lipinski definition) is 1. The molecular weight excluding hydrogens is 330 g/mol. The molecule has 26 heavy (non-hydrogen) atoms. The van der Waals surface area contributed by atoms with E-state index in [1.165, 1.54) is 23.9 Å². The van der Waals surface area contributed by atoms with Crippen molar-refractivity contribution in [1.82, 2.24) is 25.2 Å². The highest BCUT2D eigenvalue weighted by Crippen LogP contribution is 2.19. The topological polar surface area (TPSA) is 80.1 Å². The SMILES string of the molecule is CC(C)(CNC(=O)CCn1nnc2ccccc2c1=O)N1CCCCC1. The van der Waals surface area contributed by atoms with Gasteiger partial charge >= 0.3 is 0 Å². The van der Waals surface area contributed by atoms with Crippen LogP contribution < -0.4 is 10.9 Å². The van der Waals surface area contributed by atoms with Crippen LogP contribution in [0.5, 0.6) is 0 Å². The molecule has 2 aromatic rings. The molecule has 140 valence electrons. The Hall–Kier alpha value is -2.28. The lowest BCUT2D eigenvalue weighted by molar-refractivity contribution is -0.122. The summed E-state index contributed by atoms with van der Waals surface area (Å²) in [6, 6.07) is 7.09. The smallest absolute Gasteiger partial charge is 0.277 e. The molecule has 1 fully saturated rings. The zero-order valence-electron chi connectivity index (χ0n) is 15.6. The summed E-state index contributed by atoms with van der Waals surface area (Å²) in [6.07, 6.45) is 3.95. The van der Waals surface area contributed by atoms with Gasteiger partial charge in [0.05, 0.1) is 11.9 Å². The molecule has 7 nitrogen and oxygen atoms in total. The summed E-state index contributed by atoms with van der Waals surface area (Å²) >= 11 is 0. The first-order valence-corrected chi connectivity index (χ1v) is 9.32. The number of piperidine rings is 1. The molecule has 1 aromatic carbocycles. The van der Waals surface area contributed by atoms with Crippen molar-refractivity contribution >= 4 is 16.8 Å². The van der Waals surface area contributed by atoms with Crippen LogP contribution in [-0.2, 0) is 11.3 Å². The summed E-state index contributed by atoms with van der Waals surface area (Å²) in [7, 11) is 0. The molecule has 1 saturated heterocycles. The number of aryl methyl sites for hydroxylation is 1. The van der Waals surface area contributed by atoms with Gasteiger partial charge in [-0.2, -0.15) is 0 Å². The number of amides is 1. The molecule has 1 N–H and O–H groups in total. The van der Waals surface area contributed by atoms with Crippen molar-refractivity contribution in [3.05, 3.63) is 34.6 Å². The highest BCUT2D eigenvalue weighted by atomic mass is 16.2. The molecule has 0 saturated carbocycles. The summed E-state index contributed by atoms with van der Waals surface area (Å²) in [4.78, 5) is 27.1. The molecule has 1 aliphatic heterocycles. The van der Waals surface area contributed by atoms with E-state index in [0.29, 0.717) is 17.4 Å². The Kier molecular flexibility index (Phi) is 5.66. The van der Waals surface area contributed by atoms with Crippen LogP contribution in [0, 0.1) is 0 Å². The minimum Gasteiger partial charge on any atom is -0.354 e. The van der Waals surface area contributed by atoms with E-state index < -0.39 is 0 Å². The van der Waals surface area contributed by atoms with Gasteiger partial charge in [-0.15, -0.1) is 5.10 Å². The fourth-order valence-electron chi connectivity index (χ4n) is 3.39. The number of likely N-dealkylation sites (tertiary alicyclic amines) is 1. The van der Waals surface area contributed by atoms with Crippen LogP contribution in [-0.4, -0.2) is 51.0 Å². The molecule has 1 amide bonds. The van der Waals surface area contributed by atoms with Gasteiger partial charge in [-0.3, -0.25) is 14.5 Å². The van der Waals surface area contributed by atoms with Crippen LogP contribution in [0.15, 0.2) is 29.1 Å². The predicted molar refractivity (Wildman–Crippen MR) is 101 cm³/mol. The highest BCUT2D eigenvalue weighted by molar-refractivity contribution is 5.77. The van der Waals surface area contributed by atoms with E-state index in [0.717, 1.165) is 13.1 Å². The quantitative estimate of drug-likeness (QED) is 0.849. The van der Waals surface area contributed by atoms with Crippen molar-refractivity contribution in [2.45, 2.75) is 51.6 Å². The van der Waals surface area contributed by atoms with E-state index >= 15 is 0 Å². The van der Waals surface area contributed by atoms with Crippen molar-refractivity contribution in [3.8, 4) is 0 Å². The highest BCUT2D eigenvalue weighted by Gasteiger charge is 2.28. The molecule has 0 aliphatic carbocycles. The third kappa shape index (κ3) is 4.27. The second-order valence-electron chi connectivity index (χ2n) is 7.52. The Morgan fingerprint density at radius 2 is 1.92 bits per heavy atom. The van der Waals surface area contributed by atoms with E-state index in [9.17, 15) is 9.59 Å². The van der Waals surface area contributed by atoms with Gasteiger partial charge in [-0.25, -0.2) is 4.68 Å². The Labute approximate surface area is 153 Å². The lowest BCUT2D eigenvalue weighted by atomic mass is 9.98. The fourth-order valence-corrected chi connectivity index (χ4v) is 3.39. The van der Waals surface area contributed by atoms with Crippen molar-refractivity contribution in [2.75, 3.05) is 19.6 Å². The number of benzene rings is 1. The fraction of sp³-hybridized carbons (Fsp3) is 0.579. The van der Waals surface area contributed by atoms with E-state index in [1.807, 2.05) is 6.07 Å². The Morgan fingerprint density at radius 3 is 2.69 bits per heavy atom. The lowest BCUT2D eigenvalue weighted by Gasteiger charge is -2.41. The maximum atomic E-state index is 12.4. The average Bonchev–Trinajstić information content (AvgIpc) is 2.67. The lowest BCUT2D eigenvalue weighted by Crippen LogP contribution is -2.53. The summed E-state index contributed by atoms with van der Waals surface area (Å²) in [5.41, 5.74) is 0.300. The molecule has 0 bridgehead atoms. The van der Waals surface area contributed by atoms with Gasteiger partial charge in [0.25, 0.3) is 5.56 Å². The van der Waals surface area contributed by atoms with Crippen LogP contribution in [0.2, 0.25) is 0 Å². The summed E-state index contributed by atoms with van der Waals surface area (Å²) in [5, 5.41) is 11.5. The molecule has 7 heteroatoms. The minimum atomic E-state index is -0.211. The van der Waals surface area contributed by atoms with E-state index in [2.05, 4.69) is 34.4 Å². The normalized spacial score (nSPS) is 15.9. The Bertz CT molecular complexity index is 824. The standard InChI is InChI=1S/C19H27N5O2/c1-19(2,23-11-6-3-7-12-23)14-20-17(25)10-13-24-18(26)15-8-4-5-9-16(15)21-22-24/h4-5,8-9H,3,6-7,10-14H2,1-2H3,(H,20,25). The predicted octanol–water partition coefficient (Wildman–Crippen LogP) is 1.56. The molecule has 0 radical (unpaired) electrons. The van der Waals surface area contributed by atoms with Gasteiger partial charge in [-0.1, -0.05) is 23.8 Å². The largest absolute Gasteiger partial charge is 0.354 e. The van der Waals surface area contributed by atoms with Crippen molar-refractivity contribution in [1.29, 1.82) is 0 Å². The summed E-state index contributed by atoms with van der Waals surface area (Å²) < 4.78 is 1.26. The second-order valence-corrected chi connectivity index (χ2v) is 7.52. The van der Waals surface area contributed by atoms with E-state index in [1.54, 1.807) is 18.2 Å². The number of nitrogens with one attached hydrogen (secondary N) is 1. The molecular formula is C19H27N5O2. The number of carbonyl (C=O) groups excluding carboxylic acids is 1. The molecule has 1 aromatic heterocycles. The molecule has 0 unspecified atom stereocenters. The Balaban J connectivity index is 1.54. The van der Waals surface area contributed by atoms with Gasteiger partial charge in [-0.05, 0) is 51.9 Å². The monoisotopic (exact) mass is 357 g/mol. The maximum Gasteiger partial charge on any atom is 0.277 e. The number of aromatic nitrogens is 3. The number of nitrogens with zero attached hydrogens (tertiary/aromatic N) is 4. The molecule has 2 heterocycles. The first-order valence-electron chi connectivity index (χ1n) is 9.32. The van der Waals surface area contributed by atoms with Crippen LogP contribution in [0.4, 0.5) is 0 Å². The second kappa shape index (κ2) is 7.95. The van der Waals surface area contributed by atoms with E-state index in [4.69, 9.17) is 0 Å². The summed E-state index contributed by atoms with van der Waals surface area (Å²) in [5.74, 6) is -0.0723. The number of rotatable bonds is 6. The average molecular weight is 357 g/mol. The minimum absolute atomic E-state index is 0.0598. The van der Waals surface area contributed by atoms with Crippen LogP contribution in [0.1, 0.15) is 39.5 Å². The van der Waals surface area contributed by atoms with E-state index in [-0.39, 0.29) is 30.0 Å². The van der Waals surface area contributed by atoms with Crippen molar-refractivity contribution in [3.63, 3.8) is 0 Å². The van der Waals surface area contributed by atoms with Crippen molar-refractivity contribution < 1.29 is 4.79 Å². The Morgan fingerprint density at radius 1 is 1.19 bits per heavy atom. The molecule has 3 rings (SSSR count). The number of carbonyl (C=O) groups is 1. The van der Waals surface area contributed by atoms with Crippen molar-refractivity contribution in [2.24, 2.45) is 0 Å². The zero-order valence-corrected chi connectivity index (χ0v) is 15.6. The zero-order chi connectivity index (χ0) is 18.6. The molecule has 0 atom stereocenters. The summed E-state index contributed by atoms with van der Waals surface area (Å²) in [6.45, 7) is 7.34. The molecule has 1 aliphatic rings. The first-order chi connectivity index (χ1) is 12.5. The maximum absolute atomic E-state index is 12.4. The van der Waals surface area contributed by atoms with Crippen LogP contribution >= 0.6 is 0 Å². The van der Waals surface area contributed by atoms with Crippen LogP contribution in [0.3, 0.4) is 0 Å². The van der Waals surface area contributed by atoms with Gasteiger partial charge < -0.3 is 5.32 Å². The first kappa shape index (κ1) is 18.5. The van der Waals surface area contributed by atoms with Gasteiger partial charge in [0.2, 0.25) is 5.91 Å². The molecule has 0 spiro atoms. The van der Waals surface area contributed by atoms with Gasteiger partial charge in [0.1, 0.15) is 5.52 Å². The number of fused-ring (bicyclic) bond motifs is 1. The third-order valence-corrected chi connectivity index (χ3v) is 5.11. The van der Waals surface area contributed by atoms with Gasteiger partial charge in [0.15, 0.2) is 0 Å². The number of hydrogen-bond acceptors (Lipinski definition) is 5. The van der Waals surface area contributed by atoms with Crippen LogP contribution in [0.25, 0.3) is 10.9 Å². The third-order valence-electron chi connectivity index (χ3n) is 5.11.